The Hall–Kier alpha value is -4.48. The predicted molar refractivity (Wildman–Crippen MR) is 154 cm³/mol. The Labute approximate surface area is 234 Å². The molecule has 39 heavy (non-hydrogen) atoms. The van der Waals surface area contributed by atoms with Gasteiger partial charge in [-0.05, 0) is 87.4 Å². The third kappa shape index (κ3) is 6.00. The first-order valence-corrected chi connectivity index (χ1v) is 13.2. The van der Waals surface area contributed by atoms with Crippen LogP contribution in [0, 0.1) is 11.3 Å². The van der Waals surface area contributed by atoms with E-state index in [0.717, 1.165) is 33.3 Å². The fourth-order valence-electron chi connectivity index (χ4n) is 4.47. The summed E-state index contributed by atoms with van der Waals surface area (Å²) in [5.74, 6) is 1.68. The van der Waals surface area contributed by atoms with Crippen molar-refractivity contribution in [2.45, 2.75) is 19.4 Å². The van der Waals surface area contributed by atoms with Crippen LogP contribution in [0.1, 0.15) is 22.3 Å². The lowest BCUT2D eigenvalue weighted by Crippen LogP contribution is -2.26. The number of aromatic nitrogens is 1. The molecule has 8 heteroatoms. The van der Waals surface area contributed by atoms with E-state index in [1.807, 2.05) is 66.9 Å². The van der Waals surface area contributed by atoms with E-state index < -0.39 is 5.91 Å². The quantitative estimate of drug-likeness (QED) is 0.131. The van der Waals surface area contributed by atoms with Gasteiger partial charge in [-0.15, -0.1) is 6.58 Å². The number of ether oxygens (including phenoxy) is 3. The normalized spacial score (nSPS) is 12.3. The second-order valence-corrected chi connectivity index (χ2v) is 9.85. The number of benzene rings is 3. The van der Waals surface area contributed by atoms with Crippen LogP contribution in [0.3, 0.4) is 0 Å². The highest BCUT2D eigenvalue weighted by Crippen LogP contribution is 2.35. The fourth-order valence-corrected chi connectivity index (χ4v) is 5.11. The van der Waals surface area contributed by atoms with Crippen LogP contribution in [-0.2, 0) is 24.2 Å². The molecule has 1 amide bonds. The van der Waals surface area contributed by atoms with Crippen molar-refractivity contribution < 1.29 is 19.0 Å². The smallest absolute Gasteiger partial charge is 0.261 e. The molecule has 0 radical (unpaired) electrons. The van der Waals surface area contributed by atoms with E-state index in [1.54, 1.807) is 12.2 Å². The third-order valence-electron chi connectivity index (χ3n) is 6.36. The fraction of sp³-hybridized carbons (Fsp3) is 0.161. The number of carbonyl (C=O) groups is 1. The van der Waals surface area contributed by atoms with Gasteiger partial charge in [-0.3, -0.25) is 4.79 Å². The third-order valence-corrected chi connectivity index (χ3v) is 6.95. The van der Waals surface area contributed by atoms with Gasteiger partial charge in [0.15, 0.2) is 11.5 Å². The number of amides is 1. The number of nitrogens with one attached hydrogen (secondary N) is 2. The lowest BCUT2D eigenvalue weighted by molar-refractivity contribution is -0.117. The van der Waals surface area contributed by atoms with Crippen LogP contribution in [0.4, 0.5) is 0 Å². The molecule has 1 aliphatic heterocycles. The lowest BCUT2D eigenvalue weighted by atomic mass is 10.0. The minimum absolute atomic E-state index is 0.0272. The summed E-state index contributed by atoms with van der Waals surface area (Å²) in [6.45, 7) is 4.82. The van der Waals surface area contributed by atoms with Gasteiger partial charge >= 0.3 is 0 Å². The molecule has 7 nitrogen and oxygen atoms in total. The summed E-state index contributed by atoms with van der Waals surface area (Å²) in [4.78, 5) is 16.0. The summed E-state index contributed by atoms with van der Waals surface area (Å²) in [6.07, 6.45) is 6.52. The molecule has 5 rings (SSSR count). The van der Waals surface area contributed by atoms with Crippen molar-refractivity contribution in [1.82, 2.24) is 10.3 Å². The average Bonchev–Trinajstić information content (AvgIpc) is 3.58. The Balaban J connectivity index is 1.27. The number of para-hydroxylation sites is 1. The van der Waals surface area contributed by atoms with Crippen LogP contribution < -0.4 is 19.5 Å². The average molecular weight is 584 g/mol. The molecule has 0 fully saturated rings. The van der Waals surface area contributed by atoms with Gasteiger partial charge < -0.3 is 24.5 Å². The minimum Gasteiger partial charge on any atom is -0.487 e. The molecule has 0 saturated heterocycles. The highest BCUT2D eigenvalue weighted by atomic mass is 79.9. The number of rotatable bonds is 10. The van der Waals surface area contributed by atoms with Crippen LogP contribution in [0.2, 0.25) is 0 Å². The molecule has 196 valence electrons. The van der Waals surface area contributed by atoms with E-state index >= 15 is 0 Å². The first-order valence-electron chi connectivity index (χ1n) is 12.5. The monoisotopic (exact) mass is 583 g/mol. The van der Waals surface area contributed by atoms with Gasteiger partial charge in [0.05, 0.1) is 4.47 Å². The van der Waals surface area contributed by atoms with Crippen LogP contribution >= 0.6 is 15.9 Å². The number of aromatic amines is 1. The number of hydrogen-bond donors (Lipinski definition) is 2. The van der Waals surface area contributed by atoms with Crippen LogP contribution in [0.15, 0.2) is 83.5 Å². The van der Waals surface area contributed by atoms with Gasteiger partial charge in [0, 0.05) is 23.6 Å². The van der Waals surface area contributed by atoms with Crippen molar-refractivity contribution in [2.24, 2.45) is 0 Å². The van der Waals surface area contributed by atoms with E-state index in [-0.39, 0.29) is 12.4 Å². The highest BCUT2D eigenvalue weighted by molar-refractivity contribution is 9.10. The molecule has 2 N–H and O–H groups in total. The summed E-state index contributed by atoms with van der Waals surface area (Å²) in [6, 6.07) is 19.5. The Bertz CT molecular complexity index is 1620. The number of carbonyl (C=O) groups excluding carboxylic acids is 1. The topological polar surface area (TPSA) is 96.4 Å². The molecular weight excluding hydrogens is 558 g/mol. The second-order valence-electron chi connectivity index (χ2n) is 9.00. The maximum absolute atomic E-state index is 12.8. The number of hydrogen-bond acceptors (Lipinski definition) is 5. The van der Waals surface area contributed by atoms with Crippen LogP contribution in [-0.4, -0.2) is 24.2 Å². The number of nitrogens with zero attached hydrogens (tertiary/aromatic N) is 1. The first-order chi connectivity index (χ1) is 19.1. The molecule has 0 spiro atoms. The van der Waals surface area contributed by atoms with E-state index in [1.165, 1.54) is 0 Å². The van der Waals surface area contributed by atoms with Crippen molar-refractivity contribution in [3.05, 3.63) is 106 Å². The SMILES string of the molecule is C=CCc1cc(/C=C(/C#N)C(=O)NCCc2c[nH]c3ccccc23)cc(Br)c1OCc1ccc2c(c1)OCO2. The van der Waals surface area contributed by atoms with Gasteiger partial charge in [-0.2, -0.15) is 5.26 Å². The molecule has 0 saturated carbocycles. The maximum atomic E-state index is 12.8. The van der Waals surface area contributed by atoms with Crippen molar-refractivity contribution >= 4 is 38.8 Å². The molecule has 4 aromatic rings. The molecule has 0 unspecified atom stereocenters. The molecule has 0 aliphatic carbocycles. The summed E-state index contributed by atoms with van der Waals surface area (Å²) in [7, 11) is 0. The first kappa shape index (κ1) is 26.1. The zero-order valence-corrected chi connectivity index (χ0v) is 22.7. The van der Waals surface area contributed by atoms with Crippen molar-refractivity contribution in [3.8, 4) is 23.3 Å². The Kier molecular flexibility index (Phi) is 7.99. The minimum atomic E-state index is -0.415. The molecule has 1 aliphatic rings. The van der Waals surface area contributed by atoms with E-state index in [2.05, 4.69) is 32.8 Å². The highest BCUT2D eigenvalue weighted by Gasteiger charge is 2.16. The standard InChI is InChI=1S/C31H26BrN3O4/c1-2-5-22-12-21(14-26(32)30(22)37-18-20-8-9-28-29(15-20)39-19-38-28)13-24(16-33)31(36)34-11-10-23-17-35-27-7-4-3-6-25(23)27/h2-4,6-9,12-15,17,35H,1,5,10-11,18-19H2,(H,34,36)/b24-13-. The molecule has 3 aromatic carbocycles. The molecule has 0 bridgehead atoms. The number of allylic oxidation sites excluding steroid dienone is 1. The number of fused-ring (bicyclic) bond motifs is 2. The lowest BCUT2D eigenvalue weighted by Gasteiger charge is -2.14. The van der Waals surface area contributed by atoms with Crippen molar-refractivity contribution in [3.63, 3.8) is 0 Å². The van der Waals surface area contributed by atoms with Crippen molar-refractivity contribution in [2.75, 3.05) is 13.3 Å². The summed E-state index contributed by atoms with van der Waals surface area (Å²) in [5.41, 5.74) is 4.72. The summed E-state index contributed by atoms with van der Waals surface area (Å²) >= 11 is 3.60. The van der Waals surface area contributed by atoms with Crippen molar-refractivity contribution in [1.29, 1.82) is 5.26 Å². The molecular formula is C31H26BrN3O4. The zero-order chi connectivity index (χ0) is 27.2. The van der Waals surface area contributed by atoms with Crippen LogP contribution in [0.25, 0.3) is 17.0 Å². The summed E-state index contributed by atoms with van der Waals surface area (Å²) in [5, 5.41) is 13.7. The maximum Gasteiger partial charge on any atom is 0.261 e. The molecule has 0 atom stereocenters. The Morgan fingerprint density at radius 1 is 1.15 bits per heavy atom. The van der Waals surface area contributed by atoms with Gasteiger partial charge in [0.1, 0.15) is 24.0 Å². The largest absolute Gasteiger partial charge is 0.487 e. The Morgan fingerprint density at radius 2 is 2.00 bits per heavy atom. The number of H-pyrrole nitrogens is 1. The van der Waals surface area contributed by atoms with Gasteiger partial charge in [0.25, 0.3) is 5.91 Å². The molecule has 2 heterocycles. The Morgan fingerprint density at radius 3 is 2.85 bits per heavy atom. The van der Waals surface area contributed by atoms with Gasteiger partial charge in [-0.25, -0.2) is 0 Å². The van der Waals surface area contributed by atoms with Gasteiger partial charge in [0.2, 0.25) is 6.79 Å². The molecule has 1 aromatic heterocycles. The summed E-state index contributed by atoms with van der Waals surface area (Å²) < 4.78 is 17.7. The zero-order valence-electron chi connectivity index (χ0n) is 21.1. The van der Waals surface area contributed by atoms with E-state index in [4.69, 9.17) is 14.2 Å². The second kappa shape index (κ2) is 11.9. The van der Waals surface area contributed by atoms with E-state index in [0.29, 0.717) is 47.5 Å². The van der Waals surface area contributed by atoms with E-state index in [9.17, 15) is 10.1 Å². The predicted octanol–water partition coefficient (Wildman–Crippen LogP) is 6.23. The van der Waals surface area contributed by atoms with Gasteiger partial charge in [-0.1, -0.05) is 30.3 Å². The number of nitriles is 1. The number of halogens is 1. The van der Waals surface area contributed by atoms with Crippen LogP contribution in [0.5, 0.6) is 17.2 Å².